The first-order valence-electron chi connectivity index (χ1n) is 11.3. The summed E-state index contributed by atoms with van der Waals surface area (Å²) in [5.74, 6) is 2.64. The van der Waals surface area contributed by atoms with Crippen molar-refractivity contribution in [3.8, 4) is 17.2 Å². The molecular formula is C25H30N4O2. The molecule has 2 aromatic heterocycles. The van der Waals surface area contributed by atoms with Gasteiger partial charge in [-0.1, -0.05) is 6.92 Å². The van der Waals surface area contributed by atoms with Crippen molar-refractivity contribution in [1.82, 2.24) is 19.4 Å². The molecule has 0 radical (unpaired) electrons. The minimum Gasteiger partial charge on any atom is -0.486 e. The van der Waals surface area contributed by atoms with Gasteiger partial charge in [0.15, 0.2) is 11.5 Å². The van der Waals surface area contributed by atoms with Gasteiger partial charge < -0.3 is 14.0 Å². The van der Waals surface area contributed by atoms with Crippen molar-refractivity contribution in [3.05, 3.63) is 64.5 Å². The van der Waals surface area contributed by atoms with Crippen LogP contribution in [0.15, 0.2) is 30.5 Å². The number of benzene rings is 1. The zero-order valence-corrected chi connectivity index (χ0v) is 18.6. The second-order valence-corrected chi connectivity index (χ2v) is 8.53. The molecule has 3 aromatic rings. The number of hydrogen-bond acceptors (Lipinski definition) is 5. The van der Waals surface area contributed by atoms with Gasteiger partial charge in [0.05, 0.1) is 0 Å². The zero-order chi connectivity index (χ0) is 21.4. The Morgan fingerprint density at radius 2 is 1.90 bits per heavy atom. The van der Waals surface area contributed by atoms with Crippen LogP contribution in [0.5, 0.6) is 11.5 Å². The van der Waals surface area contributed by atoms with E-state index in [2.05, 4.69) is 53.4 Å². The first-order chi connectivity index (χ1) is 15.1. The third-order valence-corrected chi connectivity index (χ3v) is 6.25. The predicted molar refractivity (Wildman–Crippen MR) is 120 cm³/mol. The average molecular weight is 419 g/mol. The molecular weight excluding hydrogens is 388 g/mol. The van der Waals surface area contributed by atoms with Crippen LogP contribution in [0.1, 0.15) is 47.4 Å². The van der Waals surface area contributed by atoms with Crippen molar-refractivity contribution in [3.63, 3.8) is 0 Å². The molecule has 1 aromatic carbocycles. The number of ether oxygens (including phenoxy) is 2. The fourth-order valence-electron chi connectivity index (χ4n) is 4.69. The third kappa shape index (κ3) is 3.92. The second-order valence-electron chi connectivity index (χ2n) is 8.53. The lowest BCUT2D eigenvalue weighted by Gasteiger charge is -2.28. The van der Waals surface area contributed by atoms with Crippen LogP contribution >= 0.6 is 0 Å². The molecule has 0 spiro atoms. The van der Waals surface area contributed by atoms with Crippen LogP contribution in [0.3, 0.4) is 0 Å². The van der Waals surface area contributed by atoms with E-state index in [0.29, 0.717) is 13.2 Å². The van der Waals surface area contributed by atoms with Gasteiger partial charge >= 0.3 is 0 Å². The third-order valence-electron chi connectivity index (χ3n) is 6.25. The molecule has 31 heavy (non-hydrogen) atoms. The second kappa shape index (κ2) is 8.35. The summed E-state index contributed by atoms with van der Waals surface area (Å²) in [6.07, 6.45) is 5.08. The van der Waals surface area contributed by atoms with Crippen LogP contribution in [0.4, 0.5) is 0 Å². The molecule has 162 valence electrons. The van der Waals surface area contributed by atoms with E-state index >= 15 is 0 Å². The lowest BCUT2D eigenvalue weighted by Crippen LogP contribution is -2.31. The van der Waals surface area contributed by atoms with Crippen molar-refractivity contribution < 1.29 is 9.47 Å². The molecule has 0 amide bonds. The highest BCUT2D eigenvalue weighted by Gasteiger charge is 2.21. The largest absolute Gasteiger partial charge is 0.486 e. The molecule has 0 atom stereocenters. The molecule has 0 fully saturated rings. The van der Waals surface area contributed by atoms with Crippen LogP contribution < -0.4 is 9.47 Å². The van der Waals surface area contributed by atoms with Gasteiger partial charge in [-0.05, 0) is 44.0 Å². The molecule has 6 heteroatoms. The molecule has 0 unspecified atom stereocenters. The molecule has 0 aliphatic carbocycles. The van der Waals surface area contributed by atoms with E-state index in [-0.39, 0.29) is 0 Å². The molecule has 0 bridgehead atoms. The molecule has 2 aliphatic rings. The quantitative estimate of drug-likeness (QED) is 0.623. The van der Waals surface area contributed by atoms with Gasteiger partial charge in [0, 0.05) is 73.1 Å². The van der Waals surface area contributed by atoms with Gasteiger partial charge in [-0.2, -0.15) is 0 Å². The van der Waals surface area contributed by atoms with Crippen LogP contribution in [-0.4, -0.2) is 39.2 Å². The van der Waals surface area contributed by atoms with E-state index in [1.165, 1.54) is 28.2 Å². The Kier molecular flexibility index (Phi) is 5.40. The Bertz CT molecular complexity index is 1110. The Balaban J connectivity index is 1.35. The van der Waals surface area contributed by atoms with Crippen LogP contribution in [0.25, 0.3) is 5.69 Å². The summed E-state index contributed by atoms with van der Waals surface area (Å²) in [5.41, 5.74) is 7.48. The average Bonchev–Trinajstić information content (AvgIpc) is 3.06. The molecule has 4 heterocycles. The summed E-state index contributed by atoms with van der Waals surface area (Å²) in [6.45, 7) is 10.6. The van der Waals surface area contributed by atoms with Gasteiger partial charge in [0.1, 0.15) is 19.0 Å². The SMILES string of the molecule is CCCc1ncc2c(n1)CCN(Cc1cc(C)n(-c3ccc4c(c3)OCCO4)c1C)C2. The highest BCUT2D eigenvalue weighted by Crippen LogP contribution is 2.33. The summed E-state index contributed by atoms with van der Waals surface area (Å²) in [6, 6.07) is 8.51. The number of hydrogen-bond donors (Lipinski definition) is 0. The first-order valence-corrected chi connectivity index (χ1v) is 11.3. The topological polar surface area (TPSA) is 52.4 Å². The van der Waals surface area contributed by atoms with Crippen molar-refractivity contribution >= 4 is 0 Å². The Labute approximate surface area is 183 Å². The lowest BCUT2D eigenvalue weighted by molar-refractivity contribution is 0.171. The summed E-state index contributed by atoms with van der Waals surface area (Å²) < 4.78 is 13.8. The van der Waals surface area contributed by atoms with E-state index in [0.717, 1.165) is 61.9 Å². The van der Waals surface area contributed by atoms with Gasteiger partial charge in [-0.15, -0.1) is 0 Å². The molecule has 0 N–H and O–H groups in total. The number of aromatic nitrogens is 3. The van der Waals surface area contributed by atoms with Crippen LogP contribution in [0.2, 0.25) is 0 Å². The van der Waals surface area contributed by atoms with Gasteiger partial charge in [0.25, 0.3) is 0 Å². The molecule has 0 saturated heterocycles. The number of aryl methyl sites for hydroxylation is 2. The van der Waals surface area contributed by atoms with Gasteiger partial charge in [-0.3, -0.25) is 4.90 Å². The van der Waals surface area contributed by atoms with Crippen molar-refractivity contribution in [2.45, 2.75) is 53.1 Å². The number of fused-ring (bicyclic) bond motifs is 2. The predicted octanol–water partition coefficient (Wildman–Crippen LogP) is 4.17. The maximum atomic E-state index is 5.79. The molecule has 6 nitrogen and oxygen atoms in total. The number of nitrogens with zero attached hydrogens (tertiary/aromatic N) is 4. The fourth-order valence-corrected chi connectivity index (χ4v) is 4.69. The highest BCUT2D eigenvalue weighted by atomic mass is 16.6. The summed E-state index contributed by atoms with van der Waals surface area (Å²) in [7, 11) is 0. The minimum atomic E-state index is 0.603. The Morgan fingerprint density at radius 1 is 1.06 bits per heavy atom. The smallest absolute Gasteiger partial charge is 0.163 e. The number of rotatable bonds is 5. The summed E-state index contributed by atoms with van der Waals surface area (Å²) in [4.78, 5) is 11.9. The highest BCUT2D eigenvalue weighted by molar-refractivity contribution is 5.52. The zero-order valence-electron chi connectivity index (χ0n) is 18.6. The van der Waals surface area contributed by atoms with Gasteiger partial charge in [-0.25, -0.2) is 9.97 Å². The summed E-state index contributed by atoms with van der Waals surface area (Å²) in [5, 5.41) is 0. The Hall–Kier alpha value is -2.86. The van der Waals surface area contributed by atoms with E-state index in [4.69, 9.17) is 14.5 Å². The van der Waals surface area contributed by atoms with Crippen molar-refractivity contribution in [2.24, 2.45) is 0 Å². The minimum absolute atomic E-state index is 0.603. The van der Waals surface area contributed by atoms with E-state index < -0.39 is 0 Å². The first kappa shape index (κ1) is 20.1. The maximum Gasteiger partial charge on any atom is 0.163 e. The standard InChI is InChI=1S/C25H30N4O2/c1-4-5-25-26-14-20-16-28(9-8-22(20)27-25)15-19-12-17(2)29(18(19)3)21-6-7-23-24(13-21)31-11-10-30-23/h6-7,12-14H,4-5,8-11,15-16H2,1-3H3. The molecule has 5 rings (SSSR count). The lowest BCUT2D eigenvalue weighted by atomic mass is 10.1. The van der Waals surface area contributed by atoms with E-state index in [9.17, 15) is 0 Å². The summed E-state index contributed by atoms with van der Waals surface area (Å²) >= 11 is 0. The molecule has 0 saturated carbocycles. The fraction of sp³-hybridized carbons (Fsp3) is 0.440. The van der Waals surface area contributed by atoms with Gasteiger partial charge in [0.2, 0.25) is 0 Å². The molecule has 2 aliphatic heterocycles. The van der Waals surface area contributed by atoms with Crippen LogP contribution in [0, 0.1) is 13.8 Å². The van der Waals surface area contributed by atoms with E-state index in [1.54, 1.807) is 0 Å². The monoisotopic (exact) mass is 418 g/mol. The normalized spacial score (nSPS) is 15.7. The Morgan fingerprint density at radius 3 is 2.74 bits per heavy atom. The van der Waals surface area contributed by atoms with E-state index in [1.807, 2.05) is 12.3 Å². The maximum absolute atomic E-state index is 5.79. The van der Waals surface area contributed by atoms with Crippen molar-refractivity contribution in [1.29, 1.82) is 0 Å². The van der Waals surface area contributed by atoms with Crippen LogP contribution in [-0.2, 0) is 25.9 Å². The van der Waals surface area contributed by atoms with Crippen molar-refractivity contribution in [2.75, 3.05) is 19.8 Å².